The summed E-state index contributed by atoms with van der Waals surface area (Å²) in [7, 11) is 1.51. The highest BCUT2D eigenvalue weighted by Crippen LogP contribution is 2.25. The van der Waals surface area contributed by atoms with Crippen LogP contribution in [0, 0.1) is 0 Å². The highest BCUT2D eigenvalue weighted by molar-refractivity contribution is 5.76. The Bertz CT molecular complexity index is 1200. The molecule has 4 rings (SSSR count). The number of esters is 1. The lowest BCUT2D eigenvalue weighted by Gasteiger charge is -2.27. The van der Waals surface area contributed by atoms with E-state index in [4.69, 9.17) is 14.2 Å². The first kappa shape index (κ1) is 25.1. The minimum Gasteiger partial charge on any atom is -0.487 e. The zero-order chi connectivity index (χ0) is 25.2. The fourth-order valence-electron chi connectivity index (χ4n) is 4.10. The number of aromatic nitrogens is 1. The lowest BCUT2D eigenvalue weighted by Crippen LogP contribution is -2.35. The summed E-state index contributed by atoms with van der Waals surface area (Å²) in [5.41, 5.74) is 4.08. The van der Waals surface area contributed by atoms with E-state index in [9.17, 15) is 4.79 Å². The topological polar surface area (TPSA) is 57.7 Å². The number of rotatable bonds is 11. The Morgan fingerprint density at radius 2 is 1.50 bits per heavy atom. The van der Waals surface area contributed by atoms with Gasteiger partial charge in [0.05, 0.1) is 0 Å². The van der Waals surface area contributed by atoms with Gasteiger partial charge in [0.2, 0.25) is 0 Å². The average Bonchev–Trinajstić information content (AvgIpc) is 2.93. The molecule has 0 fully saturated rings. The van der Waals surface area contributed by atoms with Crippen molar-refractivity contribution < 1.29 is 19.0 Å². The quantitative estimate of drug-likeness (QED) is 0.231. The van der Waals surface area contributed by atoms with Crippen LogP contribution in [-0.2, 0) is 20.7 Å². The highest BCUT2D eigenvalue weighted by Gasteiger charge is 2.29. The summed E-state index contributed by atoms with van der Waals surface area (Å²) in [6, 6.07) is 31.4. The lowest BCUT2D eigenvalue weighted by atomic mass is 10.0. The van der Waals surface area contributed by atoms with Crippen LogP contribution < -0.4 is 4.74 Å². The molecule has 0 amide bonds. The Morgan fingerprint density at radius 3 is 2.14 bits per heavy atom. The Morgan fingerprint density at radius 1 is 0.833 bits per heavy atom. The molecule has 0 saturated heterocycles. The molecule has 0 saturated carbocycles. The van der Waals surface area contributed by atoms with Crippen molar-refractivity contribution in [1.29, 1.82) is 0 Å². The maximum Gasteiger partial charge on any atom is 0.340 e. The predicted octanol–water partition coefficient (Wildman–Crippen LogP) is 6.45. The molecule has 4 aromatic rings. The van der Waals surface area contributed by atoms with Gasteiger partial charge in [-0.1, -0.05) is 78.9 Å². The number of methoxy groups -OCH3 is 1. The molecule has 1 heterocycles. The smallest absolute Gasteiger partial charge is 0.340 e. The number of carbonyl (C=O) groups is 1. The largest absolute Gasteiger partial charge is 0.487 e. The Labute approximate surface area is 212 Å². The van der Waals surface area contributed by atoms with Gasteiger partial charge in [-0.3, -0.25) is 4.98 Å². The number of benzene rings is 3. The number of carbonyl (C=O) groups excluding carboxylic acids is 1. The first-order valence-electron chi connectivity index (χ1n) is 12.1. The van der Waals surface area contributed by atoms with Gasteiger partial charge in [-0.2, -0.15) is 0 Å². The summed E-state index contributed by atoms with van der Waals surface area (Å²) in [5.74, 6) is 0.283. The van der Waals surface area contributed by atoms with Gasteiger partial charge in [-0.25, -0.2) is 4.79 Å². The van der Waals surface area contributed by atoms with E-state index < -0.39 is 18.2 Å². The van der Waals surface area contributed by atoms with Crippen molar-refractivity contribution in [3.63, 3.8) is 0 Å². The number of hydrogen-bond acceptors (Lipinski definition) is 5. The van der Waals surface area contributed by atoms with Gasteiger partial charge in [0.25, 0.3) is 0 Å². The second-order valence-electron chi connectivity index (χ2n) is 8.62. The summed E-state index contributed by atoms with van der Waals surface area (Å²) in [6.07, 6.45) is 3.21. The molecule has 0 aliphatic carbocycles. The van der Waals surface area contributed by atoms with Crippen molar-refractivity contribution >= 4 is 5.97 Å². The summed E-state index contributed by atoms with van der Waals surface area (Å²) >= 11 is 0. The van der Waals surface area contributed by atoms with Crippen LogP contribution in [0.25, 0.3) is 11.1 Å². The van der Waals surface area contributed by atoms with E-state index >= 15 is 0 Å². The lowest BCUT2D eigenvalue weighted by molar-refractivity contribution is -0.166. The van der Waals surface area contributed by atoms with Gasteiger partial charge in [0.15, 0.2) is 6.10 Å². The molecule has 36 heavy (non-hydrogen) atoms. The average molecular weight is 482 g/mol. The molecule has 5 heteroatoms. The molecule has 0 aliphatic rings. The second kappa shape index (κ2) is 12.7. The molecule has 3 unspecified atom stereocenters. The van der Waals surface area contributed by atoms with Crippen LogP contribution in [0.3, 0.4) is 0 Å². The van der Waals surface area contributed by atoms with Gasteiger partial charge in [0.1, 0.15) is 18.0 Å². The van der Waals surface area contributed by atoms with Crippen molar-refractivity contribution in [1.82, 2.24) is 4.98 Å². The molecule has 0 radical (unpaired) electrons. The van der Waals surface area contributed by atoms with E-state index in [1.54, 1.807) is 6.20 Å². The third-order valence-corrected chi connectivity index (χ3v) is 6.07. The number of hydrogen-bond donors (Lipinski definition) is 0. The molecular weight excluding hydrogens is 450 g/mol. The second-order valence-corrected chi connectivity index (χ2v) is 8.62. The van der Waals surface area contributed by atoms with E-state index in [1.807, 2.05) is 98.0 Å². The summed E-state index contributed by atoms with van der Waals surface area (Å²) in [5, 5.41) is 0. The number of pyridine rings is 1. The third-order valence-electron chi connectivity index (χ3n) is 6.07. The van der Waals surface area contributed by atoms with Crippen molar-refractivity contribution in [3.8, 4) is 16.9 Å². The predicted molar refractivity (Wildman–Crippen MR) is 141 cm³/mol. The summed E-state index contributed by atoms with van der Waals surface area (Å²) in [6.45, 7) is 1.93. The van der Waals surface area contributed by atoms with Crippen molar-refractivity contribution in [2.45, 2.75) is 38.1 Å². The van der Waals surface area contributed by atoms with E-state index in [1.165, 1.54) is 7.11 Å². The monoisotopic (exact) mass is 481 g/mol. The normalized spacial score (nSPS) is 13.4. The van der Waals surface area contributed by atoms with Crippen molar-refractivity contribution in [2.24, 2.45) is 0 Å². The van der Waals surface area contributed by atoms with Gasteiger partial charge < -0.3 is 14.2 Å². The van der Waals surface area contributed by atoms with Crippen LogP contribution in [0.5, 0.6) is 5.75 Å². The van der Waals surface area contributed by atoms with Crippen LogP contribution in [0.4, 0.5) is 0 Å². The molecule has 184 valence electrons. The molecule has 3 aromatic carbocycles. The summed E-state index contributed by atoms with van der Waals surface area (Å²) in [4.78, 5) is 17.3. The first-order valence-corrected chi connectivity index (χ1v) is 12.1. The molecule has 5 nitrogen and oxygen atoms in total. The molecule has 0 aliphatic heterocycles. The Balaban J connectivity index is 1.47. The van der Waals surface area contributed by atoms with E-state index in [-0.39, 0.29) is 6.10 Å². The minimum absolute atomic E-state index is 0.374. The standard InChI is InChI=1S/C31H31NO4/c1-23(35-28-18-16-26(17-19-28)25-11-5-3-6-12-25)29(20-15-24-10-9-21-32-22-24)36-31(33)30(34-2)27-13-7-4-8-14-27/h3-14,16-19,21-23,29-30H,15,20H2,1-2H3. The number of aryl methyl sites for hydroxylation is 1. The fourth-order valence-corrected chi connectivity index (χ4v) is 4.10. The van der Waals surface area contributed by atoms with Gasteiger partial charge in [0, 0.05) is 19.5 Å². The van der Waals surface area contributed by atoms with Gasteiger partial charge in [-0.05, 0) is 60.2 Å². The van der Waals surface area contributed by atoms with Gasteiger partial charge in [-0.15, -0.1) is 0 Å². The zero-order valence-corrected chi connectivity index (χ0v) is 20.6. The molecule has 0 spiro atoms. The van der Waals surface area contributed by atoms with Crippen LogP contribution in [-0.4, -0.2) is 30.3 Å². The van der Waals surface area contributed by atoms with Gasteiger partial charge >= 0.3 is 5.97 Å². The van der Waals surface area contributed by atoms with E-state index in [2.05, 4.69) is 17.1 Å². The fraction of sp³-hybridized carbons (Fsp3) is 0.226. The molecule has 3 atom stereocenters. The minimum atomic E-state index is -0.801. The maximum absolute atomic E-state index is 13.1. The molecule has 0 bridgehead atoms. The van der Waals surface area contributed by atoms with Crippen LogP contribution in [0.15, 0.2) is 109 Å². The Hall–Kier alpha value is -3.96. The Kier molecular flexibility index (Phi) is 8.84. The molecule has 1 aromatic heterocycles. The zero-order valence-electron chi connectivity index (χ0n) is 20.6. The van der Waals surface area contributed by atoms with Crippen molar-refractivity contribution in [3.05, 3.63) is 121 Å². The maximum atomic E-state index is 13.1. The molecular formula is C31H31NO4. The first-order chi connectivity index (χ1) is 17.6. The van der Waals surface area contributed by atoms with E-state index in [0.717, 1.165) is 28.0 Å². The van der Waals surface area contributed by atoms with Crippen LogP contribution >= 0.6 is 0 Å². The third kappa shape index (κ3) is 6.80. The van der Waals surface area contributed by atoms with Crippen molar-refractivity contribution in [2.75, 3.05) is 7.11 Å². The molecule has 0 N–H and O–H groups in total. The van der Waals surface area contributed by atoms with Crippen LogP contribution in [0.1, 0.15) is 30.6 Å². The number of ether oxygens (including phenoxy) is 3. The summed E-state index contributed by atoms with van der Waals surface area (Å²) < 4.78 is 17.7. The van der Waals surface area contributed by atoms with Crippen LogP contribution in [0.2, 0.25) is 0 Å². The van der Waals surface area contributed by atoms with E-state index in [0.29, 0.717) is 12.8 Å². The number of nitrogens with zero attached hydrogens (tertiary/aromatic N) is 1. The SMILES string of the molecule is COC(C(=O)OC(CCc1cccnc1)C(C)Oc1ccc(-c2ccccc2)cc1)c1ccccc1. The highest BCUT2D eigenvalue weighted by atomic mass is 16.6.